The van der Waals surface area contributed by atoms with E-state index >= 15 is 0 Å². The van der Waals surface area contributed by atoms with Crippen LogP contribution in [-0.2, 0) is 4.79 Å². The van der Waals surface area contributed by atoms with Crippen LogP contribution in [0.1, 0.15) is 11.1 Å². The summed E-state index contributed by atoms with van der Waals surface area (Å²) < 4.78 is 5.75. The van der Waals surface area contributed by atoms with Gasteiger partial charge in [-0.25, -0.2) is 0 Å². The molecule has 29 heavy (non-hydrogen) atoms. The van der Waals surface area contributed by atoms with E-state index in [2.05, 4.69) is 11.9 Å². The molecule has 0 saturated heterocycles. The third-order valence-electron chi connectivity index (χ3n) is 4.46. The van der Waals surface area contributed by atoms with Crippen LogP contribution >= 0.6 is 11.6 Å². The molecule has 3 aromatic carbocycles. The van der Waals surface area contributed by atoms with E-state index in [1.165, 1.54) is 0 Å². The molecule has 4 nitrogen and oxygen atoms in total. The summed E-state index contributed by atoms with van der Waals surface area (Å²) in [7, 11) is 0. The van der Waals surface area contributed by atoms with E-state index in [1.54, 1.807) is 37.3 Å². The minimum atomic E-state index is -0.513. The third kappa shape index (κ3) is 4.48. The largest absolute Gasteiger partial charge is 0.489 e. The first-order valence-corrected chi connectivity index (χ1v) is 9.36. The number of benzene rings is 3. The molecule has 0 aliphatic rings. The van der Waals surface area contributed by atoms with Gasteiger partial charge in [0, 0.05) is 16.3 Å². The Hall–Kier alpha value is -3.55. The smallest absolute Gasteiger partial charge is 0.266 e. The van der Waals surface area contributed by atoms with Gasteiger partial charge in [0.05, 0.1) is 0 Å². The number of halogens is 1. The zero-order valence-electron chi connectivity index (χ0n) is 15.9. The first kappa shape index (κ1) is 20.2. The van der Waals surface area contributed by atoms with Crippen molar-refractivity contribution in [3.63, 3.8) is 0 Å². The maximum atomic E-state index is 12.8. The molecule has 1 N–H and O–H groups in total. The quantitative estimate of drug-likeness (QED) is 0.316. The van der Waals surface area contributed by atoms with Crippen molar-refractivity contribution in [3.05, 3.63) is 89.0 Å². The molecule has 0 aromatic heterocycles. The number of nitriles is 1. The minimum absolute atomic E-state index is 0.0378. The van der Waals surface area contributed by atoms with Gasteiger partial charge in [0.25, 0.3) is 5.91 Å². The van der Waals surface area contributed by atoms with Crippen LogP contribution in [0.25, 0.3) is 16.8 Å². The number of ether oxygens (including phenoxy) is 1. The van der Waals surface area contributed by atoms with E-state index in [-0.39, 0.29) is 5.57 Å². The Balaban J connectivity index is 2.05. The molecule has 144 valence electrons. The van der Waals surface area contributed by atoms with E-state index in [1.807, 2.05) is 42.5 Å². The van der Waals surface area contributed by atoms with Crippen molar-refractivity contribution in [2.24, 2.45) is 0 Å². The van der Waals surface area contributed by atoms with Gasteiger partial charge < -0.3 is 10.1 Å². The monoisotopic (exact) mass is 402 g/mol. The summed E-state index contributed by atoms with van der Waals surface area (Å²) in [5.41, 5.74) is 1.92. The zero-order chi connectivity index (χ0) is 20.8. The second-order valence-corrected chi connectivity index (χ2v) is 6.74. The third-order valence-corrected chi connectivity index (χ3v) is 4.87. The summed E-state index contributed by atoms with van der Waals surface area (Å²) in [4.78, 5) is 12.8. The van der Waals surface area contributed by atoms with Gasteiger partial charge in [0.1, 0.15) is 24.0 Å². The average Bonchev–Trinajstić information content (AvgIpc) is 2.74. The van der Waals surface area contributed by atoms with Crippen LogP contribution in [0.5, 0.6) is 5.75 Å². The maximum Gasteiger partial charge on any atom is 0.266 e. The Morgan fingerprint density at radius 2 is 2.00 bits per heavy atom. The number of carbonyl (C=O) groups excluding carboxylic acids is 1. The molecule has 3 aromatic rings. The molecule has 3 rings (SSSR count). The van der Waals surface area contributed by atoms with Gasteiger partial charge in [-0.1, -0.05) is 60.7 Å². The molecular formula is C24H19ClN2O2. The summed E-state index contributed by atoms with van der Waals surface area (Å²) in [6, 6.07) is 18.7. The summed E-state index contributed by atoms with van der Waals surface area (Å²) in [5, 5.41) is 14.8. The van der Waals surface area contributed by atoms with Gasteiger partial charge in [-0.2, -0.15) is 5.26 Å². The van der Waals surface area contributed by atoms with Gasteiger partial charge in [0.15, 0.2) is 0 Å². The zero-order valence-corrected chi connectivity index (χ0v) is 16.7. The number of hydrogen-bond acceptors (Lipinski definition) is 3. The van der Waals surface area contributed by atoms with Gasteiger partial charge in [-0.15, -0.1) is 0 Å². The van der Waals surface area contributed by atoms with Crippen LogP contribution in [0.2, 0.25) is 5.02 Å². The van der Waals surface area contributed by atoms with Crippen molar-refractivity contribution in [2.45, 2.75) is 6.92 Å². The highest BCUT2D eigenvalue weighted by Crippen LogP contribution is 2.31. The van der Waals surface area contributed by atoms with Crippen LogP contribution in [0.4, 0.5) is 5.69 Å². The summed E-state index contributed by atoms with van der Waals surface area (Å²) in [6.45, 7) is 5.79. The van der Waals surface area contributed by atoms with Crippen molar-refractivity contribution in [1.29, 1.82) is 5.26 Å². The highest BCUT2D eigenvalue weighted by molar-refractivity contribution is 6.31. The topological polar surface area (TPSA) is 62.1 Å². The van der Waals surface area contributed by atoms with E-state index in [0.717, 1.165) is 16.3 Å². The fraction of sp³-hybridized carbons (Fsp3) is 0.0833. The number of hydrogen-bond donors (Lipinski definition) is 1. The molecule has 0 radical (unpaired) electrons. The molecule has 0 fully saturated rings. The lowest BCUT2D eigenvalue weighted by atomic mass is 10.0. The van der Waals surface area contributed by atoms with Crippen LogP contribution < -0.4 is 10.1 Å². The molecule has 0 bridgehead atoms. The molecule has 0 spiro atoms. The van der Waals surface area contributed by atoms with E-state index in [4.69, 9.17) is 16.3 Å². The van der Waals surface area contributed by atoms with Crippen LogP contribution in [0.3, 0.4) is 0 Å². The Morgan fingerprint density at radius 3 is 2.76 bits per heavy atom. The number of anilines is 1. The van der Waals surface area contributed by atoms with E-state index in [0.29, 0.717) is 28.6 Å². The lowest BCUT2D eigenvalue weighted by Crippen LogP contribution is -2.14. The molecular weight excluding hydrogens is 384 g/mol. The van der Waals surface area contributed by atoms with Gasteiger partial charge in [-0.05, 0) is 47.5 Å². The highest BCUT2D eigenvalue weighted by Gasteiger charge is 2.15. The Labute approximate surface area is 174 Å². The van der Waals surface area contributed by atoms with Crippen LogP contribution in [-0.4, -0.2) is 12.5 Å². The number of carbonyl (C=O) groups is 1. The number of nitrogens with one attached hydrogen (secondary N) is 1. The Kier molecular flexibility index (Phi) is 6.33. The lowest BCUT2D eigenvalue weighted by molar-refractivity contribution is -0.112. The Bertz CT molecular complexity index is 1160. The second kappa shape index (κ2) is 9.09. The van der Waals surface area contributed by atoms with E-state index < -0.39 is 5.91 Å². The highest BCUT2D eigenvalue weighted by atomic mass is 35.5. The van der Waals surface area contributed by atoms with Crippen molar-refractivity contribution >= 4 is 40.0 Å². The average molecular weight is 403 g/mol. The van der Waals surface area contributed by atoms with Crippen molar-refractivity contribution in [2.75, 3.05) is 11.9 Å². The van der Waals surface area contributed by atoms with Crippen molar-refractivity contribution in [1.82, 2.24) is 0 Å². The number of amides is 1. The van der Waals surface area contributed by atoms with E-state index in [9.17, 15) is 10.1 Å². The minimum Gasteiger partial charge on any atom is -0.489 e. The number of rotatable bonds is 6. The van der Waals surface area contributed by atoms with Crippen LogP contribution in [0.15, 0.2) is 72.8 Å². The molecule has 5 heteroatoms. The number of nitrogens with zero attached hydrogens (tertiary/aromatic N) is 1. The molecule has 0 saturated carbocycles. The standard InChI is InChI=1S/C24H19ClN2O2/c1-3-13-29-23-12-11-17-7-4-5-8-19(17)20(23)14-18(15-26)24(28)27-22-10-6-9-21(25)16(22)2/h3-12,14H,1,13H2,2H3,(H,27,28)/b18-14+. The van der Waals surface area contributed by atoms with Gasteiger partial charge in [-0.3, -0.25) is 4.79 Å². The van der Waals surface area contributed by atoms with Crippen molar-refractivity contribution < 1.29 is 9.53 Å². The summed E-state index contributed by atoms with van der Waals surface area (Å²) >= 11 is 6.12. The normalized spacial score (nSPS) is 11.0. The first-order chi connectivity index (χ1) is 14.0. The fourth-order valence-corrected chi connectivity index (χ4v) is 3.10. The SMILES string of the molecule is C=CCOc1ccc2ccccc2c1/C=C(\C#N)C(=O)Nc1cccc(Cl)c1C. The van der Waals surface area contributed by atoms with Gasteiger partial charge in [0.2, 0.25) is 0 Å². The molecule has 0 heterocycles. The Morgan fingerprint density at radius 1 is 1.21 bits per heavy atom. The lowest BCUT2D eigenvalue weighted by Gasteiger charge is -2.12. The van der Waals surface area contributed by atoms with Crippen molar-refractivity contribution in [3.8, 4) is 11.8 Å². The first-order valence-electron chi connectivity index (χ1n) is 8.99. The fourth-order valence-electron chi connectivity index (χ4n) is 2.92. The predicted octanol–water partition coefficient (Wildman–Crippen LogP) is 5.91. The molecule has 0 aliphatic heterocycles. The molecule has 0 unspecified atom stereocenters. The van der Waals surface area contributed by atoms with Gasteiger partial charge >= 0.3 is 0 Å². The van der Waals surface area contributed by atoms with Crippen LogP contribution in [0, 0.1) is 18.3 Å². The molecule has 0 atom stereocenters. The predicted molar refractivity (Wildman–Crippen MR) is 118 cm³/mol. The number of fused-ring (bicyclic) bond motifs is 1. The summed E-state index contributed by atoms with van der Waals surface area (Å²) in [5.74, 6) is 0.0588. The second-order valence-electron chi connectivity index (χ2n) is 6.33. The molecule has 1 amide bonds. The molecule has 0 aliphatic carbocycles. The maximum absolute atomic E-state index is 12.8. The summed E-state index contributed by atoms with van der Waals surface area (Å²) in [6.07, 6.45) is 3.19.